The molecule has 0 spiro atoms. The van der Waals surface area contributed by atoms with Gasteiger partial charge in [-0.05, 0) is 31.5 Å². The van der Waals surface area contributed by atoms with E-state index in [1.54, 1.807) is 19.1 Å². The Balaban J connectivity index is 2.27. The lowest BCUT2D eigenvalue weighted by atomic mass is 10.1. The number of aryl methyl sites for hydroxylation is 1. The Labute approximate surface area is 122 Å². The van der Waals surface area contributed by atoms with Crippen LogP contribution in [0, 0.1) is 6.92 Å². The maximum Gasteiger partial charge on any atom is 0.326 e. The smallest absolute Gasteiger partial charge is 0.326 e. The van der Waals surface area contributed by atoms with Gasteiger partial charge in [-0.15, -0.1) is 0 Å². The SMILES string of the molecule is Cc1ccc(C(=O)N(Cc2ccccc2)[C@@H](C)C(=O)O)o1. The van der Waals surface area contributed by atoms with Crippen LogP contribution >= 0.6 is 0 Å². The van der Waals surface area contributed by atoms with Crippen LogP contribution in [-0.4, -0.2) is 27.9 Å². The largest absolute Gasteiger partial charge is 0.480 e. The second-order valence-electron chi connectivity index (χ2n) is 4.84. The molecule has 0 aliphatic heterocycles. The zero-order valence-corrected chi connectivity index (χ0v) is 11.9. The summed E-state index contributed by atoms with van der Waals surface area (Å²) in [5, 5.41) is 9.21. The zero-order chi connectivity index (χ0) is 15.4. The molecule has 0 aliphatic carbocycles. The predicted molar refractivity (Wildman–Crippen MR) is 76.9 cm³/mol. The number of nitrogens with zero attached hydrogens (tertiary/aromatic N) is 1. The van der Waals surface area contributed by atoms with Crippen molar-refractivity contribution in [2.75, 3.05) is 0 Å². The van der Waals surface area contributed by atoms with E-state index in [0.717, 1.165) is 5.56 Å². The molecular formula is C16H17NO4. The van der Waals surface area contributed by atoms with E-state index in [2.05, 4.69) is 0 Å². The minimum absolute atomic E-state index is 0.150. The zero-order valence-electron chi connectivity index (χ0n) is 11.9. The van der Waals surface area contributed by atoms with Crippen molar-refractivity contribution in [2.45, 2.75) is 26.4 Å². The molecule has 110 valence electrons. The standard InChI is InChI=1S/C16H17NO4/c1-11-8-9-14(21-11)15(18)17(12(2)16(19)20)10-13-6-4-3-5-7-13/h3-9,12H,10H2,1-2H3,(H,19,20)/t12-/m0/s1. The summed E-state index contributed by atoms with van der Waals surface area (Å²) in [5.41, 5.74) is 0.863. The maximum atomic E-state index is 12.5. The number of hydrogen-bond donors (Lipinski definition) is 1. The lowest BCUT2D eigenvalue weighted by molar-refractivity contribution is -0.141. The third-order valence-electron chi connectivity index (χ3n) is 3.23. The summed E-state index contributed by atoms with van der Waals surface area (Å²) in [6.07, 6.45) is 0. The summed E-state index contributed by atoms with van der Waals surface area (Å²) < 4.78 is 5.31. The van der Waals surface area contributed by atoms with E-state index in [1.807, 2.05) is 30.3 Å². The third kappa shape index (κ3) is 3.51. The fourth-order valence-electron chi connectivity index (χ4n) is 1.99. The molecule has 0 saturated carbocycles. The Bertz CT molecular complexity index is 633. The van der Waals surface area contributed by atoms with Crippen LogP contribution in [0.2, 0.25) is 0 Å². The van der Waals surface area contributed by atoms with Gasteiger partial charge in [0, 0.05) is 6.54 Å². The monoisotopic (exact) mass is 287 g/mol. The van der Waals surface area contributed by atoms with Crippen molar-refractivity contribution in [1.82, 2.24) is 4.90 Å². The van der Waals surface area contributed by atoms with Crippen molar-refractivity contribution in [3.8, 4) is 0 Å². The molecule has 5 heteroatoms. The van der Waals surface area contributed by atoms with Gasteiger partial charge in [0.05, 0.1) is 0 Å². The van der Waals surface area contributed by atoms with Gasteiger partial charge in [-0.3, -0.25) is 4.79 Å². The fourth-order valence-corrected chi connectivity index (χ4v) is 1.99. The molecule has 21 heavy (non-hydrogen) atoms. The molecule has 0 radical (unpaired) electrons. The van der Waals surface area contributed by atoms with Crippen LogP contribution in [0.4, 0.5) is 0 Å². The highest BCUT2D eigenvalue weighted by Crippen LogP contribution is 2.15. The first kappa shape index (κ1) is 14.8. The van der Waals surface area contributed by atoms with E-state index in [1.165, 1.54) is 11.8 Å². The number of carbonyl (C=O) groups is 2. The summed E-state index contributed by atoms with van der Waals surface area (Å²) >= 11 is 0. The van der Waals surface area contributed by atoms with Crippen LogP contribution < -0.4 is 0 Å². The lowest BCUT2D eigenvalue weighted by Crippen LogP contribution is -2.42. The first-order chi connectivity index (χ1) is 9.99. The Kier molecular flexibility index (Phi) is 4.42. The van der Waals surface area contributed by atoms with Gasteiger partial charge in [0.2, 0.25) is 0 Å². The van der Waals surface area contributed by atoms with Gasteiger partial charge in [0.15, 0.2) is 5.76 Å². The van der Waals surface area contributed by atoms with Gasteiger partial charge >= 0.3 is 5.97 Å². The predicted octanol–water partition coefficient (Wildman–Crippen LogP) is 2.70. The highest BCUT2D eigenvalue weighted by Gasteiger charge is 2.28. The van der Waals surface area contributed by atoms with Crippen molar-refractivity contribution < 1.29 is 19.1 Å². The summed E-state index contributed by atoms with van der Waals surface area (Å²) in [7, 11) is 0. The van der Waals surface area contributed by atoms with Crippen LogP contribution in [0.3, 0.4) is 0 Å². The molecule has 0 fully saturated rings. The normalized spacial score (nSPS) is 11.9. The van der Waals surface area contributed by atoms with Crippen molar-refractivity contribution in [3.63, 3.8) is 0 Å². The number of aliphatic carboxylic acids is 1. The number of rotatable bonds is 5. The second kappa shape index (κ2) is 6.26. The number of carbonyl (C=O) groups excluding carboxylic acids is 1. The molecule has 1 aromatic carbocycles. The highest BCUT2D eigenvalue weighted by molar-refractivity contribution is 5.94. The van der Waals surface area contributed by atoms with Gasteiger partial charge in [-0.25, -0.2) is 4.79 Å². The number of hydrogen-bond acceptors (Lipinski definition) is 3. The average molecular weight is 287 g/mol. The molecule has 1 atom stereocenters. The first-order valence-electron chi connectivity index (χ1n) is 6.63. The quantitative estimate of drug-likeness (QED) is 0.917. The molecule has 1 amide bonds. The Morgan fingerprint density at radius 1 is 1.19 bits per heavy atom. The van der Waals surface area contributed by atoms with Gasteiger partial charge in [-0.1, -0.05) is 30.3 Å². The van der Waals surface area contributed by atoms with E-state index in [-0.39, 0.29) is 12.3 Å². The highest BCUT2D eigenvalue weighted by atomic mass is 16.4. The molecule has 1 aromatic heterocycles. The minimum Gasteiger partial charge on any atom is -0.480 e. The van der Waals surface area contributed by atoms with E-state index in [9.17, 15) is 14.7 Å². The molecular weight excluding hydrogens is 270 g/mol. The van der Waals surface area contributed by atoms with Crippen LogP contribution in [-0.2, 0) is 11.3 Å². The molecule has 0 aliphatic rings. The molecule has 0 saturated heterocycles. The van der Waals surface area contributed by atoms with Crippen LogP contribution in [0.1, 0.15) is 28.8 Å². The van der Waals surface area contributed by atoms with Gasteiger partial charge < -0.3 is 14.4 Å². The van der Waals surface area contributed by atoms with Gasteiger partial charge in [-0.2, -0.15) is 0 Å². The van der Waals surface area contributed by atoms with Crippen molar-refractivity contribution >= 4 is 11.9 Å². The summed E-state index contributed by atoms with van der Waals surface area (Å²) in [6.45, 7) is 3.44. The number of benzene rings is 1. The van der Waals surface area contributed by atoms with Crippen molar-refractivity contribution in [3.05, 3.63) is 59.5 Å². The summed E-state index contributed by atoms with van der Waals surface area (Å²) in [4.78, 5) is 25.0. The van der Waals surface area contributed by atoms with Crippen LogP contribution in [0.5, 0.6) is 0 Å². The van der Waals surface area contributed by atoms with Crippen LogP contribution in [0.25, 0.3) is 0 Å². The maximum absolute atomic E-state index is 12.5. The Morgan fingerprint density at radius 2 is 1.86 bits per heavy atom. The van der Waals surface area contributed by atoms with E-state index in [0.29, 0.717) is 5.76 Å². The topological polar surface area (TPSA) is 70.8 Å². The second-order valence-corrected chi connectivity index (χ2v) is 4.84. The number of furan rings is 1. The summed E-state index contributed by atoms with van der Waals surface area (Å²) in [6, 6.07) is 11.6. The van der Waals surface area contributed by atoms with E-state index >= 15 is 0 Å². The average Bonchev–Trinajstić information content (AvgIpc) is 2.91. The molecule has 0 unspecified atom stereocenters. The number of amides is 1. The van der Waals surface area contributed by atoms with E-state index in [4.69, 9.17) is 4.42 Å². The molecule has 0 bridgehead atoms. The fraction of sp³-hybridized carbons (Fsp3) is 0.250. The first-order valence-corrected chi connectivity index (χ1v) is 6.63. The summed E-state index contributed by atoms with van der Waals surface area (Å²) in [5.74, 6) is -0.720. The third-order valence-corrected chi connectivity index (χ3v) is 3.23. The number of carboxylic acid groups (broad SMARTS) is 1. The Morgan fingerprint density at radius 3 is 2.38 bits per heavy atom. The molecule has 2 aromatic rings. The number of carboxylic acids is 1. The molecule has 2 rings (SSSR count). The lowest BCUT2D eigenvalue weighted by Gasteiger charge is -2.25. The van der Waals surface area contributed by atoms with Crippen molar-refractivity contribution in [2.24, 2.45) is 0 Å². The van der Waals surface area contributed by atoms with Crippen molar-refractivity contribution in [1.29, 1.82) is 0 Å². The van der Waals surface area contributed by atoms with Gasteiger partial charge in [0.1, 0.15) is 11.8 Å². The molecule has 1 heterocycles. The van der Waals surface area contributed by atoms with E-state index < -0.39 is 17.9 Å². The van der Waals surface area contributed by atoms with Crippen LogP contribution in [0.15, 0.2) is 46.9 Å². The van der Waals surface area contributed by atoms with Gasteiger partial charge in [0.25, 0.3) is 5.91 Å². The minimum atomic E-state index is -1.05. The Hall–Kier alpha value is -2.56. The molecule has 5 nitrogen and oxygen atoms in total. The molecule has 1 N–H and O–H groups in total.